The van der Waals surface area contributed by atoms with Crippen LogP contribution in [-0.4, -0.2) is 37.1 Å². The zero-order valence-corrected chi connectivity index (χ0v) is 11.5. The van der Waals surface area contributed by atoms with Crippen LogP contribution in [0, 0.1) is 6.92 Å². The average molecular weight is 289 g/mol. The fourth-order valence-corrected chi connectivity index (χ4v) is 1.99. The Morgan fingerprint density at radius 1 is 1.19 bits per heavy atom. The molecule has 2 N–H and O–H groups in total. The number of carbonyl (C=O) groups is 2. The second kappa shape index (κ2) is 6.17. The monoisotopic (exact) mass is 289 g/mol. The number of benzene rings is 1. The van der Waals surface area contributed by atoms with Crippen LogP contribution in [0.15, 0.2) is 24.3 Å². The smallest absolute Gasteiger partial charge is 0.358 e. The van der Waals surface area contributed by atoms with E-state index in [1.54, 1.807) is 12.1 Å². The zero-order valence-electron chi connectivity index (χ0n) is 11.5. The Morgan fingerprint density at radius 2 is 1.86 bits per heavy atom. The van der Waals surface area contributed by atoms with Crippen molar-refractivity contribution in [3.05, 3.63) is 35.5 Å². The van der Waals surface area contributed by atoms with Crippen molar-refractivity contribution in [3.8, 4) is 11.3 Å². The van der Waals surface area contributed by atoms with Crippen molar-refractivity contribution in [2.24, 2.45) is 0 Å². The summed E-state index contributed by atoms with van der Waals surface area (Å²) in [4.78, 5) is 21.8. The van der Waals surface area contributed by atoms with Gasteiger partial charge in [0.05, 0.1) is 0 Å². The second-order valence-corrected chi connectivity index (χ2v) is 4.68. The van der Waals surface area contributed by atoms with Gasteiger partial charge in [0.2, 0.25) is 0 Å². The summed E-state index contributed by atoms with van der Waals surface area (Å²) in [5.41, 5.74) is 2.01. The van der Waals surface area contributed by atoms with Gasteiger partial charge in [0.1, 0.15) is 5.69 Å². The molecule has 0 saturated heterocycles. The molecule has 7 nitrogen and oxygen atoms in total. The molecule has 0 aliphatic rings. The van der Waals surface area contributed by atoms with E-state index in [-0.39, 0.29) is 12.1 Å². The summed E-state index contributed by atoms with van der Waals surface area (Å²) < 4.78 is 1.44. The second-order valence-electron chi connectivity index (χ2n) is 4.68. The maximum Gasteiger partial charge on any atom is 0.358 e. The van der Waals surface area contributed by atoms with Gasteiger partial charge in [-0.3, -0.25) is 4.79 Å². The van der Waals surface area contributed by atoms with E-state index in [1.807, 2.05) is 19.1 Å². The Labute approximate surface area is 120 Å². The molecule has 0 unspecified atom stereocenters. The lowest BCUT2D eigenvalue weighted by atomic mass is 10.1. The molecule has 2 rings (SSSR count). The maximum atomic E-state index is 11.2. The number of hydrogen-bond donors (Lipinski definition) is 2. The van der Waals surface area contributed by atoms with Gasteiger partial charge in [0.15, 0.2) is 5.69 Å². The number of rotatable bonds is 6. The maximum absolute atomic E-state index is 11.2. The molecule has 0 bridgehead atoms. The van der Waals surface area contributed by atoms with Crippen LogP contribution in [0.5, 0.6) is 0 Å². The van der Waals surface area contributed by atoms with E-state index >= 15 is 0 Å². The average Bonchev–Trinajstić information content (AvgIpc) is 2.83. The molecule has 0 amide bonds. The molecule has 0 saturated carbocycles. The van der Waals surface area contributed by atoms with Gasteiger partial charge in [-0.1, -0.05) is 35.0 Å². The molecule has 1 aromatic heterocycles. The minimum Gasteiger partial charge on any atom is -0.481 e. The normalized spacial score (nSPS) is 10.5. The lowest BCUT2D eigenvalue weighted by Gasteiger charge is -2.07. The summed E-state index contributed by atoms with van der Waals surface area (Å²) in [5, 5.41) is 25.4. The van der Waals surface area contributed by atoms with Crippen molar-refractivity contribution in [2.45, 2.75) is 26.3 Å². The van der Waals surface area contributed by atoms with Crippen LogP contribution in [0.1, 0.15) is 28.9 Å². The molecule has 2 aromatic rings. The van der Waals surface area contributed by atoms with Crippen molar-refractivity contribution in [3.63, 3.8) is 0 Å². The fraction of sp³-hybridized carbons (Fsp3) is 0.286. The molecule has 1 heterocycles. The van der Waals surface area contributed by atoms with E-state index in [4.69, 9.17) is 5.11 Å². The van der Waals surface area contributed by atoms with Crippen LogP contribution >= 0.6 is 0 Å². The first-order valence-electron chi connectivity index (χ1n) is 6.44. The van der Waals surface area contributed by atoms with Gasteiger partial charge in [-0.05, 0) is 13.3 Å². The number of carboxylic acids is 2. The number of aryl methyl sites for hydroxylation is 2. The highest BCUT2D eigenvalue weighted by molar-refractivity contribution is 5.92. The van der Waals surface area contributed by atoms with Crippen molar-refractivity contribution in [2.75, 3.05) is 0 Å². The lowest BCUT2D eigenvalue weighted by Crippen LogP contribution is -2.07. The van der Waals surface area contributed by atoms with Crippen LogP contribution in [-0.2, 0) is 11.3 Å². The van der Waals surface area contributed by atoms with Gasteiger partial charge in [-0.25, -0.2) is 9.48 Å². The summed E-state index contributed by atoms with van der Waals surface area (Å²) in [6, 6.07) is 7.34. The third kappa shape index (κ3) is 3.44. The molecule has 0 spiro atoms. The zero-order chi connectivity index (χ0) is 15.4. The van der Waals surface area contributed by atoms with Crippen LogP contribution in [0.4, 0.5) is 0 Å². The van der Waals surface area contributed by atoms with Crippen LogP contribution in [0.3, 0.4) is 0 Å². The molecule has 7 heteroatoms. The lowest BCUT2D eigenvalue weighted by molar-refractivity contribution is -0.137. The minimum absolute atomic E-state index is 0.00436. The molecular weight excluding hydrogens is 274 g/mol. The molecule has 0 radical (unpaired) electrons. The number of nitrogens with zero attached hydrogens (tertiary/aromatic N) is 3. The van der Waals surface area contributed by atoms with Crippen LogP contribution in [0.2, 0.25) is 0 Å². The van der Waals surface area contributed by atoms with E-state index in [0.29, 0.717) is 24.2 Å². The Kier molecular flexibility index (Phi) is 4.32. The van der Waals surface area contributed by atoms with Gasteiger partial charge in [0, 0.05) is 18.5 Å². The van der Waals surface area contributed by atoms with Gasteiger partial charge in [0.25, 0.3) is 0 Å². The van der Waals surface area contributed by atoms with Crippen molar-refractivity contribution >= 4 is 11.9 Å². The van der Waals surface area contributed by atoms with E-state index in [0.717, 1.165) is 5.56 Å². The molecule has 0 aliphatic heterocycles. The van der Waals surface area contributed by atoms with E-state index in [2.05, 4.69) is 10.3 Å². The first-order chi connectivity index (χ1) is 9.99. The molecule has 0 aliphatic carbocycles. The Bertz CT molecular complexity index is 661. The number of hydrogen-bond acceptors (Lipinski definition) is 4. The highest BCUT2D eigenvalue weighted by Gasteiger charge is 2.20. The molecule has 0 fully saturated rings. The first-order valence-corrected chi connectivity index (χ1v) is 6.44. The van der Waals surface area contributed by atoms with Crippen LogP contribution < -0.4 is 0 Å². The largest absolute Gasteiger partial charge is 0.481 e. The summed E-state index contributed by atoms with van der Waals surface area (Å²) in [5.74, 6) is -2.06. The SMILES string of the molecule is Cc1ccc(-c2c(C(=O)O)nnn2CCCC(=O)O)cc1. The predicted octanol–water partition coefficient (Wildman–Crippen LogP) is 1.82. The Hall–Kier alpha value is -2.70. The third-order valence-corrected chi connectivity index (χ3v) is 3.02. The molecular formula is C14H15N3O4. The van der Waals surface area contributed by atoms with Gasteiger partial charge >= 0.3 is 11.9 Å². The van der Waals surface area contributed by atoms with Crippen molar-refractivity contribution in [1.82, 2.24) is 15.0 Å². The highest BCUT2D eigenvalue weighted by atomic mass is 16.4. The summed E-state index contributed by atoms with van der Waals surface area (Å²) in [6.07, 6.45) is 0.353. The van der Waals surface area contributed by atoms with Crippen molar-refractivity contribution in [1.29, 1.82) is 0 Å². The van der Waals surface area contributed by atoms with Crippen LogP contribution in [0.25, 0.3) is 11.3 Å². The van der Waals surface area contributed by atoms with E-state index in [9.17, 15) is 14.7 Å². The molecule has 1 aromatic carbocycles. The fourth-order valence-electron chi connectivity index (χ4n) is 1.99. The molecule has 0 atom stereocenters. The quantitative estimate of drug-likeness (QED) is 0.840. The highest BCUT2D eigenvalue weighted by Crippen LogP contribution is 2.23. The van der Waals surface area contributed by atoms with Gasteiger partial charge < -0.3 is 10.2 Å². The molecule has 110 valence electrons. The Balaban J connectivity index is 2.35. The number of aliphatic carboxylic acids is 1. The minimum atomic E-state index is -1.16. The number of carboxylic acid groups (broad SMARTS) is 2. The first kappa shape index (κ1) is 14.7. The van der Waals surface area contributed by atoms with E-state index < -0.39 is 11.9 Å². The third-order valence-electron chi connectivity index (χ3n) is 3.02. The number of aromatic nitrogens is 3. The number of aromatic carboxylic acids is 1. The summed E-state index contributed by atoms with van der Waals surface area (Å²) >= 11 is 0. The summed E-state index contributed by atoms with van der Waals surface area (Å²) in [7, 11) is 0. The predicted molar refractivity (Wildman–Crippen MR) is 74.0 cm³/mol. The van der Waals surface area contributed by atoms with Crippen molar-refractivity contribution < 1.29 is 19.8 Å². The van der Waals surface area contributed by atoms with Gasteiger partial charge in [-0.15, -0.1) is 5.10 Å². The van der Waals surface area contributed by atoms with Gasteiger partial charge in [-0.2, -0.15) is 0 Å². The van der Waals surface area contributed by atoms with E-state index in [1.165, 1.54) is 4.68 Å². The standard InChI is InChI=1S/C14H15N3O4/c1-9-4-6-10(7-5-9)13-12(14(20)21)15-16-17(13)8-2-3-11(18)19/h4-7H,2-3,8H2,1H3,(H,18,19)(H,20,21). The summed E-state index contributed by atoms with van der Waals surface area (Å²) in [6.45, 7) is 2.24. The molecule has 21 heavy (non-hydrogen) atoms. The topological polar surface area (TPSA) is 105 Å². The Morgan fingerprint density at radius 3 is 2.43 bits per heavy atom.